The zero-order valence-corrected chi connectivity index (χ0v) is 7.72. The van der Waals surface area contributed by atoms with Crippen LogP contribution in [0.25, 0.3) is 0 Å². The number of Topliss-reactive ketones (excluding diaryl/α,β-unsaturated/α-hetero) is 1. The number of phosphoric ester groups is 1. The molecule has 0 radical (unpaired) electrons. The van der Waals surface area contributed by atoms with Crippen molar-refractivity contribution in [3.8, 4) is 0 Å². The largest absolute Gasteiger partial charge is 0.469 e. The first-order valence-corrected chi connectivity index (χ1v) is 4.83. The molecule has 78 valence electrons. The van der Waals surface area contributed by atoms with Gasteiger partial charge in [0.1, 0.15) is 12.2 Å². The summed E-state index contributed by atoms with van der Waals surface area (Å²) in [6.07, 6.45) is -3.32. The van der Waals surface area contributed by atoms with Crippen LogP contribution < -0.4 is 0 Å². The molecule has 0 saturated heterocycles. The van der Waals surface area contributed by atoms with Gasteiger partial charge in [-0.2, -0.15) is 0 Å². The zero-order chi connectivity index (χ0) is 10.6. The third kappa shape index (κ3) is 5.87. The first kappa shape index (κ1) is 12.7. The van der Waals surface area contributed by atoms with Gasteiger partial charge in [0.15, 0.2) is 5.78 Å². The van der Waals surface area contributed by atoms with Crippen molar-refractivity contribution in [3.05, 3.63) is 0 Å². The third-order valence-electron chi connectivity index (χ3n) is 1.19. The van der Waals surface area contributed by atoms with Crippen LogP contribution in [0.2, 0.25) is 0 Å². The molecule has 0 fully saturated rings. The number of aliphatic hydroxyl groups is 2. The van der Waals surface area contributed by atoms with Crippen LogP contribution in [0.15, 0.2) is 0 Å². The van der Waals surface area contributed by atoms with E-state index in [1.807, 2.05) is 0 Å². The van der Waals surface area contributed by atoms with Crippen molar-refractivity contribution in [3.63, 3.8) is 0 Å². The maximum atomic E-state index is 10.5. The molecule has 8 heteroatoms. The van der Waals surface area contributed by atoms with Gasteiger partial charge in [0.25, 0.3) is 0 Å². The van der Waals surface area contributed by atoms with Crippen molar-refractivity contribution in [1.29, 1.82) is 0 Å². The monoisotopic (exact) mass is 217 g/mol. The van der Waals surface area contributed by atoms with Gasteiger partial charge in [0.05, 0.1) is 6.61 Å². The fourth-order valence-electron chi connectivity index (χ4n) is 0.536. The molecule has 0 bridgehead atoms. The summed E-state index contributed by atoms with van der Waals surface area (Å²) in [5.74, 6) is -0.707. The van der Waals surface area contributed by atoms with E-state index in [1.54, 1.807) is 0 Å². The SMILES string of the molecule is CC(=O)[13C@@H](O)[13C@H](O)[13CH2]OP(=O)(O)O. The number of carbonyl (C=O) groups is 1. The molecular weight excluding hydrogens is 206 g/mol. The minimum atomic E-state index is -4.67. The van der Waals surface area contributed by atoms with Gasteiger partial charge in [-0.05, 0) is 6.92 Å². The Morgan fingerprint density at radius 2 is 1.92 bits per heavy atom. The van der Waals surface area contributed by atoms with Crippen LogP contribution in [0.4, 0.5) is 0 Å². The average molecular weight is 217 g/mol. The van der Waals surface area contributed by atoms with Gasteiger partial charge in [0.2, 0.25) is 0 Å². The number of carbonyl (C=O) groups excluding carboxylic acids is 1. The Morgan fingerprint density at radius 3 is 2.23 bits per heavy atom. The average Bonchev–Trinajstić information content (AvgIpc) is 1.97. The molecule has 0 aromatic rings. The van der Waals surface area contributed by atoms with Gasteiger partial charge in [-0.25, -0.2) is 4.57 Å². The minimum Gasteiger partial charge on any atom is -0.388 e. The first-order valence-electron chi connectivity index (χ1n) is 3.30. The lowest BCUT2D eigenvalue weighted by Gasteiger charge is -2.15. The van der Waals surface area contributed by atoms with Crippen LogP contribution in [-0.4, -0.2) is 44.6 Å². The molecule has 13 heavy (non-hydrogen) atoms. The second-order valence-electron chi connectivity index (χ2n) is 2.41. The Bertz CT molecular complexity index is 221. The van der Waals surface area contributed by atoms with E-state index in [9.17, 15) is 9.36 Å². The molecule has 0 saturated carbocycles. The summed E-state index contributed by atoms with van der Waals surface area (Å²) >= 11 is 0. The molecule has 0 unspecified atom stereocenters. The van der Waals surface area contributed by atoms with Crippen molar-refractivity contribution in [2.24, 2.45) is 0 Å². The Morgan fingerprint density at radius 1 is 1.46 bits per heavy atom. The van der Waals surface area contributed by atoms with Crippen LogP contribution >= 0.6 is 7.82 Å². The van der Waals surface area contributed by atoms with Crippen molar-refractivity contribution in [1.82, 2.24) is 0 Å². The summed E-state index contributed by atoms with van der Waals surface area (Å²) < 4.78 is 14.0. The van der Waals surface area contributed by atoms with Crippen LogP contribution in [0.5, 0.6) is 0 Å². The molecule has 0 amide bonds. The fourth-order valence-corrected chi connectivity index (χ4v) is 0.882. The topological polar surface area (TPSA) is 124 Å². The van der Waals surface area contributed by atoms with Crippen LogP contribution in [0.1, 0.15) is 6.92 Å². The van der Waals surface area contributed by atoms with Gasteiger partial charge < -0.3 is 20.0 Å². The van der Waals surface area contributed by atoms with E-state index in [0.29, 0.717) is 0 Å². The smallest absolute Gasteiger partial charge is 0.388 e. The van der Waals surface area contributed by atoms with E-state index in [2.05, 4.69) is 4.52 Å². The molecule has 7 nitrogen and oxygen atoms in total. The lowest BCUT2D eigenvalue weighted by atomic mass is 10.6. The number of hydrogen-bond acceptors (Lipinski definition) is 5. The van der Waals surface area contributed by atoms with Crippen molar-refractivity contribution in [2.45, 2.75) is 19.1 Å². The van der Waals surface area contributed by atoms with Gasteiger partial charge in [0, 0.05) is 0 Å². The number of aliphatic hydroxyl groups excluding tert-OH is 2. The summed E-state index contributed by atoms with van der Waals surface area (Å²) in [7, 11) is -4.67. The molecule has 0 aliphatic heterocycles. The number of phosphoric acid groups is 1. The van der Waals surface area contributed by atoms with E-state index in [-0.39, 0.29) is 0 Å². The molecule has 0 aliphatic carbocycles. The molecular formula is C5H11O7P. The first-order chi connectivity index (χ1) is 5.74. The second-order valence-corrected chi connectivity index (χ2v) is 3.65. The van der Waals surface area contributed by atoms with Crippen LogP contribution in [0.3, 0.4) is 0 Å². The number of ketones is 1. The highest BCUT2D eigenvalue weighted by molar-refractivity contribution is 7.46. The van der Waals surface area contributed by atoms with Gasteiger partial charge >= 0.3 is 7.82 Å². The summed E-state index contributed by atoms with van der Waals surface area (Å²) in [5, 5.41) is 17.8. The summed E-state index contributed by atoms with van der Waals surface area (Å²) in [4.78, 5) is 26.8. The quantitative estimate of drug-likeness (QED) is 0.323. The molecule has 4 N–H and O–H groups in total. The highest BCUT2D eigenvalue weighted by Crippen LogP contribution is 2.35. The molecule has 0 aromatic heterocycles. The highest BCUT2D eigenvalue weighted by atomic mass is 31.2. The summed E-state index contributed by atoms with van der Waals surface area (Å²) in [6.45, 7) is 0.233. The Kier molecular flexibility index (Phi) is 4.69. The predicted octanol–water partition coefficient (Wildman–Crippen LogP) is -1.59. The Labute approximate surface area is 74.2 Å². The fraction of sp³-hybridized carbons (Fsp3) is 0.800. The molecule has 0 rings (SSSR count). The van der Waals surface area contributed by atoms with Gasteiger partial charge in [-0.1, -0.05) is 0 Å². The molecule has 0 heterocycles. The maximum absolute atomic E-state index is 10.5. The lowest BCUT2D eigenvalue weighted by Crippen LogP contribution is -2.35. The zero-order valence-electron chi connectivity index (χ0n) is 6.82. The van der Waals surface area contributed by atoms with Crippen molar-refractivity contribution < 1.29 is 33.9 Å². The van der Waals surface area contributed by atoms with Gasteiger partial charge in [-0.15, -0.1) is 0 Å². The van der Waals surface area contributed by atoms with Crippen molar-refractivity contribution >= 4 is 13.6 Å². The Balaban J connectivity index is 3.95. The molecule has 0 aliphatic rings. The predicted molar refractivity (Wildman–Crippen MR) is 40.7 cm³/mol. The molecule has 0 aromatic carbocycles. The van der Waals surface area contributed by atoms with Gasteiger partial charge in [-0.3, -0.25) is 9.32 Å². The normalized spacial score (nSPS) is 16.7. The van der Waals surface area contributed by atoms with E-state index in [1.165, 1.54) is 0 Å². The Hall–Kier alpha value is -0.300. The molecule has 2 atom stereocenters. The van der Waals surface area contributed by atoms with Crippen LogP contribution in [-0.2, 0) is 13.9 Å². The minimum absolute atomic E-state index is 0.707. The van der Waals surface area contributed by atoms with Crippen LogP contribution in [0, 0.1) is 0 Å². The number of rotatable bonds is 5. The van der Waals surface area contributed by atoms with E-state index >= 15 is 0 Å². The highest BCUT2D eigenvalue weighted by Gasteiger charge is 2.24. The summed E-state index contributed by atoms with van der Waals surface area (Å²) in [5.41, 5.74) is 0. The number of hydrogen-bond donors (Lipinski definition) is 4. The maximum Gasteiger partial charge on any atom is 0.469 e. The van der Waals surface area contributed by atoms with Crippen molar-refractivity contribution in [2.75, 3.05) is 6.61 Å². The van der Waals surface area contributed by atoms with E-state index < -0.39 is 32.4 Å². The van der Waals surface area contributed by atoms with E-state index in [4.69, 9.17) is 20.0 Å². The third-order valence-corrected chi connectivity index (χ3v) is 1.68. The summed E-state index contributed by atoms with van der Waals surface area (Å²) in [6, 6.07) is 0. The van der Waals surface area contributed by atoms with E-state index in [0.717, 1.165) is 6.92 Å². The lowest BCUT2D eigenvalue weighted by molar-refractivity contribution is -0.132. The standard InChI is InChI=1S/C5H11O7P/c1-3(6)5(8)4(7)2-12-13(9,10)11/h4-5,7-8H,2H2,1H3,(H2,9,10,11)/t4-,5-/m1/s1/i2+1,4+1,5+1. The second kappa shape index (κ2) is 4.80. The molecule has 0 spiro atoms.